The van der Waals surface area contributed by atoms with Gasteiger partial charge >= 0.3 is 0 Å². The molecular formula is C17H25NO2. The highest BCUT2D eigenvalue weighted by molar-refractivity contribution is 5.20. The van der Waals surface area contributed by atoms with Crippen molar-refractivity contribution in [1.29, 1.82) is 0 Å². The molecule has 4 bridgehead atoms. The van der Waals surface area contributed by atoms with Crippen LogP contribution in [0.1, 0.15) is 55.6 Å². The summed E-state index contributed by atoms with van der Waals surface area (Å²) in [6, 6.07) is 2.07. The Hall–Kier alpha value is -0.800. The van der Waals surface area contributed by atoms with E-state index in [1.54, 1.807) is 0 Å². The first-order chi connectivity index (χ1) is 9.66. The molecule has 0 atom stereocenters. The van der Waals surface area contributed by atoms with Gasteiger partial charge < -0.3 is 14.9 Å². The first-order valence-electron chi connectivity index (χ1n) is 8.08. The topological polar surface area (TPSA) is 48.4 Å². The van der Waals surface area contributed by atoms with Gasteiger partial charge in [0.25, 0.3) is 0 Å². The van der Waals surface area contributed by atoms with E-state index in [9.17, 15) is 0 Å². The summed E-state index contributed by atoms with van der Waals surface area (Å²) >= 11 is 0. The summed E-state index contributed by atoms with van der Waals surface area (Å²) in [7, 11) is 0. The first-order valence-corrected chi connectivity index (χ1v) is 8.08. The number of aryl methyl sites for hydroxylation is 1. The lowest BCUT2D eigenvalue weighted by atomic mass is 9.54. The number of hydrogen-bond acceptors (Lipinski definition) is 3. The zero-order valence-corrected chi connectivity index (χ0v) is 12.4. The Morgan fingerprint density at radius 3 is 2.30 bits per heavy atom. The molecule has 0 aromatic carbocycles. The standard InChI is InChI=1S/C17H25NO2/c1-11-15(9-18)5-16(20-11)10-19-17-6-12-2-13(7-17)4-14(3-12)8-17/h5,12-14H,2-4,6-10,18H2,1H3. The molecule has 0 aliphatic heterocycles. The summed E-state index contributed by atoms with van der Waals surface area (Å²) in [5, 5.41) is 0. The molecule has 2 N–H and O–H groups in total. The highest BCUT2D eigenvalue weighted by Gasteiger charge is 2.51. The second-order valence-electron chi connectivity index (χ2n) is 7.39. The fourth-order valence-corrected chi connectivity index (χ4v) is 5.29. The van der Waals surface area contributed by atoms with E-state index < -0.39 is 0 Å². The molecule has 0 radical (unpaired) electrons. The molecule has 1 aromatic rings. The predicted molar refractivity (Wildman–Crippen MR) is 77.0 cm³/mol. The molecule has 0 saturated heterocycles. The van der Waals surface area contributed by atoms with E-state index in [0.29, 0.717) is 13.2 Å². The number of hydrogen-bond donors (Lipinski definition) is 1. The molecule has 110 valence electrons. The molecule has 4 aliphatic rings. The van der Waals surface area contributed by atoms with E-state index in [1.807, 2.05) is 6.92 Å². The molecule has 1 aromatic heterocycles. The molecule has 1 heterocycles. The Morgan fingerprint density at radius 2 is 1.80 bits per heavy atom. The van der Waals surface area contributed by atoms with Crippen molar-refractivity contribution < 1.29 is 9.15 Å². The Morgan fingerprint density at radius 1 is 1.20 bits per heavy atom. The van der Waals surface area contributed by atoms with Crippen molar-refractivity contribution in [2.45, 2.75) is 64.2 Å². The minimum absolute atomic E-state index is 0.165. The van der Waals surface area contributed by atoms with E-state index in [0.717, 1.165) is 34.8 Å². The average Bonchev–Trinajstić information content (AvgIpc) is 2.75. The van der Waals surface area contributed by atoms with Crippen molar-refractivity contribution in [3.8, 4) is 0 Å². The van der Waals surface area contributed by atoms with Crippen LogP contribution in [0.15, 0.2) is 10.5 Å². The predicted octanol–water partition coefficient (Wildman–Crippen LogP) is 3.53. The Bertz CT molecular complexity index is 470. The smallest absolute Gasteiger partial charge is 0.130 e. The SMILES string of the molecule is Cc1oc(COC23CC4CC(CC(C4)C2)C3)cc1CN. The van der Waals surface area contributed by atoms with Crippen LogP contribution in [-0.4, -0.2) is 5.60 Å². The van der Waals surface area contributed by atoms with E-state index in [2.05, 4.69) is 6.07 Å². The first kappa shape index (κ1) is 12.9. The van der Waals surface area contributed by atoms with Crippen LogP contribution >= 0.6 is 0 Å². The van der Waals surface area contributed by atoms with E-state index in [4.69, 9.17) is 14.9 Å². The van der Waals surface area contributed by atoms with Crippen molar-refractivity contribution >= 4 is 0 Å². The van der Waals surface area contributed by atoms with E-state index in [1.165, 1.54) is 38.5 Å². The highest BCUT2D eigenvalue weighted by Crippen LogP contribution is 2.57. The summed E-state index contributed by atoms with van der Waals surface area (Å²) in [5.74, 6) is 4.67. The van der Waals surface area contributed by atoms with Gasteiger partial charge in [0.05, 0.1) is 5.60 Å². The Kier molecular flexibility index (Phi) is 2.97. The van der Waals surface area contributed by atoms with Gasteiger partial charge in [-0.2, -0.15) is 0 Å². The maximum atomic E-state index is 6.41. The van der Waals surface area contributed by atoms with Crippen molar-refractivity contribution in [2.24, 2.45) is 23.5 Å². The highest BCUT2D eigenvalue weighted by atomic mass is 16.5. The molecule has 0 amide bonds. The summed E-state index contributed by atoms with van der Waals surface area (Å²) in [4.78, 5) is 0. The zero-order valence-electron chi connectivity index (χ0n) is 12.4. The van der Waals surface area contributed by atoms with Crippen molar-refractivity contribution in [3.05, 3.63) is 23.2 Å². The quantitative estimate of drug-likeness (QED) is 0.914. The molecule has 4 aliphatic carbocycles. The molecular weight excluding hydrogens is 250 g/mol. The Balaban J connectivity index is 1.46. The van der Waals surface area contributed by atoms with E-state index >= 15 is 0 Å². The van der Waals surface area contributed by atoms with Crippen molar-refractivity contribution in [1.82, 2.24) is 0 Å². The average molecular weight is 275 g/mol. The third-order valence-electron chi connectivity index (χ3n) is 5.79. The molecule has 0 spiro atoms. The lowest BCUT2D eigenvalue weighted by Gasteiger charge is -2.56. The molecule has 3 nitrogen and oxygen atoms in total. The third-order valence-corrected chi connectivity index (χ3v) is 5.79. The normalized spacial score (nSPS) is 38.6. The summed E-state index contributed by atoms with van der Waals surface area (Å²) in [5.41, 5.74) is 6.98. The Labute approximate surface area is 120 Å². The minimum atomic E-state index is 0.165. The third kappa shape index (κ3) is 2.11. The van der Waals surface area contributed by atoms with Gasteiger partial charge in [-0.25, -0.2) is 0 Å². The van der Waals surface area contributed by atoms with Gasteiger partial charge in [-0.3, -0.25) is 0 Å². The van der Waals surface area contributed by atoms with Crippen molar-refractivity contribution in [2.75, 3.05) is 0 Å². The minimum Gasteiger partial charge on any atom is -0.464 e. The number of ether oxygens (including phenoxy) is 1. The zero-order chi connectivity index (χ0) is 13.7. The summed E-state index contributed by atoms with van der Waals surface area (Å²) < 4.78 is 12.2. The molecule has 4 fully saturated rings. The van der Waals surface area contributed by atoms with Gasteiger partial charge in [-0.1, -0.05) is 0 Å². The van der Waals surface area contributed by atoms with Gasteiger partial charge in [0.15, 0.2) is 0 Å². The van der Waals surface area contributed by atoms with Crippen LogP contribution in [-0.2, 0) is 17.9 Å². The van der Waals surface area contributed by atoms with Crippen LogP contribution in [0.4, 0.5) is 0 Å². The van der Waals surface area contributed by atoms with Gasteiger partial charge in [0.1, 0.15) is 18.1 Å². The van der Waals surface area contributed by atoms with Gasteiger partial charge in [0.2, 0.25) is 0 Å². The lowest BCUT2D eigenvalue weighted by molar-refractivity contribution is -0.171. The monoisotopic (exact) mass is 275 g/mol. The van der Waals surface area contributed by atoms with Crippen LogP contribution in [0.25, 0.3) is 0 Å². The fourth-order valence-electron chi connectivity index (χ4n) is 5.29. The fraction of sp³-hybridized carbons (Fsp3) is 0.765. The largest absolute Gasteiger partial charge is 0.464 e. The number of rotatable bonds is 4. The molecule has 4 saturated carbocycles. The molecule has 3 heteroatoms. The molecule has 5 rings (SSSR count). The molecule has 0 unspecified atom stereocenters. The maximum absolute atomic E-state index is 6.41. The van der Waals surface area contributed by atoms with Crippen LogP contribution in [0.3, 0.4) is 0 Å². The summed E-state index contributed by atoms with van der Waals surface area (Å²) in [6.07, 6.45) is 8.21. The van der Waals surface area contributed by atoms with Crippen LogP contribution < -0.4 is 5.73 Å². The lowest BCUT2D eigenvalue weighted by Crippen LogP contribution is -2.51. The van der Waals surface area contributed by atoms with Gasteiger partial charge in [0, 0.05) is 12.1 Å². The van der Waals surface area contributed by atoms with Gasteiger partial charge in [-0.05, 0) is 69.3 Å². The van der Waals surface area contributed by atoms with Crippen LogP contribution in [0, 0.1) is 24.7 Å². The van der Waals surface area contributed by atoms with Gasteiger partial charge in [-0.15, -0.1) is 0 Å². The van der Waals surface area contributed by atoms with Crippen molar-refractivity contribution in [3.63, 3.8) is 0 Å². The van der Waals surface area contributed by atoms with E-state index in [-0.39, 0.29) is 5.60 Å². The summed E-state index contributed by atoms with van der Waals surface area (Å²) in [6.45, 7) is 3.15. The molecule has 20 heavy (non-hydrogen) atoms. The number of nitrogens with two attached hydrogens (primary N) is 1. The number of furan rings is 1. The van der Waals surface area contributed by atoms with Crippen LogP contribution in [0.2, 0.25) is 0 Å². The second-order valence-corrected chi connectivity index (χ2v) is 7.39. The second kappa shape index (κ2) is 4.60. The maximum Gasteiger partial charge on any atom is 0.130 e. The van der Waals surface area contributed by atoms with Crippen LogP contribution in [0.5, 0.6) is 0 Å².